The van der Waals surface area contributed by atoms with E-state index in [4.69, 9.17) is 25.1 Å². The molecular weight excluding hydrogens is 749 g/mol. The van der Waals surface area contributed by atoms with Crippen LogP contribution >= 0.6 is 0 Å². The number of carboxylic acids is 1. The number of amides is 1. The Labute approximate surface area is 330 Å². The summed E-state index contributed by atoms with van der Waals surface area (Å²) in [4.78, 5) is 26.7. The van der Waals surface area contributed by atoms with Gasteiger partial charge >= 0.3 is 12.6 Å². The number of aliphatic carboxylic acids is 1. The van der Waals surface area contributed by atoms with Crippen LogP contribution in [0, 0.1) is 18.2 Å². The Hall–Kier alpha value is -4.95. The Balaban J connectivity index is 0.000000284. The van der Waals surface area contributed by atoms with Crippen LogP contribution in [-0.2, 0) is 22.4 Å². The van der Waals surface area contributed by atoms with Crippen LogP contribution in [0.1, 0.15) is 53.2 Å². The fourth-order valence-corrected chi connectivity index (χ4v) is 7.21. The number of primary amides is 1. The SMILES string of the molecule is COc1cc(CCN2CCC(C)(CF)CC2)cc(OC)c1-c1cccc2c(CCC(=O)O)cccc12.Cc1cc(N2CCOCC2)cc(F)c1C(N)=O.FC(F)F. The van der Waals surface area contributed by atoms with E-state index in [1.807, 2.05) is 36.1 Å². The molecule has 0 aliphatic carbocycles. The number of alkyl halides is 4. The summed E-state index contributed by atoms with van der Waals surface area (Å²) in [6, 6.07) is 19.4. The number of ether oxygens (including phenoxy) is 3. The van der Waals surface area contributed by atoms with Crippen molar-refractivity contribution in [1.82, 2.24) is 4.90 Å². The lowest BCUT2D eigenvalue weighted by atomic mass is 9.82. The highest BCUT2D eigenvalue weighted by Crippen LogP contribution is 2.43. The molecular formula is C43H52F5N3O6. The van der Waals surface area contributed by atoms with Crippen molar-refractivity contribution in [2.45, 2.75) is 52.6 Å². The highest BCUT2D eigenvalue weighted by molar-refractivity contribution is 6.01. The largest absolute Gasteiger partial charge is 0.496 e. The Morgan fingerprint density at radius 2 is 1.51 bits per heavy atom. The molecule has 4 aromatic rings. The molecule has 1 amide bonds. The number of halogens is 5. The smallest absolute Gasteiger partial charge is 0.379 e. The predicted molar refractivity (Wildman–Crippen MR) is 212 cm³/mol. The molecule has 0 unspecified atom stereocenters. The van der Waals surface area contributed by atoms with Gasteiger partial charge in [-0.3, -0.25) is 14.0 Å². The molecule has 3 N–H and O–H groups in total. The molecule has 0 spiro atoms. The van der Waals surface area contributed by atoms with Crippen molar-refractivity contribution in [2.24, 2.45) is 11.1 Å². The number of likely N-dealkylation sites (tertiary alicyclic amines) is 1. The zero-order valence-corrected chi connectivity index (χ0v) is 32.9. The topological polar surface area (TPSA) is 115 Å². The fourth-order valence-electron chi connectivity index (χ4n) is 7.21. The number of nitrogens with zero attached hydrogens (tertiary/aromatic N) is 2. The number of fused-ring (bicyclic) bond motifs is 1. The van der Waals surface area contributed by atoms with E-state index in [9.17, 15) is 31.5 Å². The summed E-state index contributed by atoms with van der Waals surface area (Å²) < 4.78 is 73.0. The van der Waals surface area contributed by atoms with Gasteiger partial charge in [0, 0.05) is 31.7 Å². The molecule has 0 radical (unpaired) electrons. The summed E-state index contributed by atoms with van der Waals surface area (Å²) in [6.45, 7) is 5.31. The number of morpholine rings is 1. The van der Waals surface area contributed by atoms with Gasteiger partial charge in [-0.15, -0.1) is 0 Å². The van der Waals surface area contributed by atoms with Crippen LogP contribution < -0.4 is 20.1 Å². The van der Waals surface area contributed by atoms with E-state index >= 15 is 0 Å². The van der Waals surface area contributed by atoms with Crippen molar-refractivity contribution >= 4 is 28.3 Å². The van der Waals surface area contributed by atoms with E-state index in [0.717, 1.165) is 102 Å². The molecule has 6 rings (SSSR count). The minimum Gasteiger partial charge on any atom is -0.496 e. The van der Waals surface area contributed by atoms with E-state index < -0.39 is 24.4 Å². The maximum atomic E-state index is 13.8. The average Bonchev–Trinajstić information content (AvgIpc) is 3.19. The van der Waals surface area contributed by atoms with E-state index in [1.165, 1.54) is 6.07 Å². The zero-order valence-electron chi connectivity index (χ0n) is 32.9. The van der Waals surface area contributed by atoms with E-state index in [1.54, 1.807) is 27.2 Å². The van der Waals surface area contributed by atoms with Crippen molar-refractivity contribution in [3.05, 3.63) is 88.7 Å². The Bertz CT molecular complexity index is 1910. The zero-order chi connectivity index (χ0) is 41.7. The molecule has 0 atom stereocenters. The first kappa shape index (κ1) is 44.8. The van der Waals surface area contributed by atoms with Gasteiger partial charge in [-0.1, -0.05) is 43.3 Å². The Morgan fingerprint density at radius 1 is 0.912 bits per heavy atom. The Morgan fingerprint density at radius 3 is 2.05 bits per heavy atom. The summed E-state index contributed by atoms with van der Waals surface area (Å²) in [6.07, 6.45) is 3.21. The molecule has 2 saturated heterocycles. The number of piperidine rings is 1. The van der Waals surface area contributed by atoms with Gasteiger partial charge in [-0.25, -0.2) is 4.39 Å². The number of carbonyl (C=O) groups is 2. The van der Waals surface area contributed by atoms with Crippen LogP contribution in [0.3, 0.4) is 0 Å². The Kier molecular flexibility index (Phi) is 16.5. The number of methoxy groups -OCH3 is 2. The molecule has 0 saturated carbocycles. The molecule has 14 heteroatoms. The average molecular weight is 802 g/mol. The first-order valence-corrected chi connectivity index (χ1v) is 18.8. The number of carbonyl (C=O) groups excluding carboxylic acids is 1. The van der Waals surface area contributed by atoms with Crippen molar-refractivity contribution in [1.29, 1.82) is 0 Å². The van der Waals surface area contributed by atoms with E-state index in [0.29, 0.717) is 25.2 Å². The second-order valence-corrected chi connectivity index (χ2v) is 14.5. The number of benzene rings is 4. The third-order valence-corrected chi connectivity index (χ3v) is 10.5. The maximum Gasteiger partial charge on any atom is 0.379 e. The summed E-state index contributed by atoms with van der Waals surface area (Å²) >= 11 is 0. The lowest BCUT2D eigenvalue weighted by molar-refractivity contribution is -0.136. The maximum absolute atomic E-state index is 13.8. The first-order chi connectivity index (χ1) is 27.2. The third kappa shape index (κ3) is 12.3. The summed E-state index contributed by atoms with van der Waals surface area (Å²) in [5, 5.41) is 11.2. The van der Waals surface area contributed by atoms with Crippen LogP contribution in [-0.4, -0.2) is 95.4 Å². The monoisotopic (exact) mass is 801 g/mol. The summed E-state index contributed by atoms with van der Waals surface area (Å²) in [5.41, 5.74) is 10.3. The van der Waals surface area contributed by atoms with Gasteiger partial charge in [-0.05, 0) is 108 Å². The second kappa shape index (κ2) is 21.0. The number of nitrogens with two attached hydrogens (primary N) is 1. The normalized spacial score (nSPS) is 15.3. The van der Waals surface area contributed by atoms with Gasteiger partial charge in [0.1, 0.15) is 17.3 Å². The van der Waals surface area contributed by atoms with Crippen molar-refractivity contribution in [3.63, 3.8) is 0 Å². The lowest BCUT2D eigenvalue weighted by Gasteiger charge is -2.37. The van der Waals surface area contributed by atoms with E-state index in [-0.39, 0.29) is 24.1 Å². The van der Waals surface area contributed by atoms with Crippen molar-refractivity contribution in [2.75, 3.05) is 71.7 Å². The number of carboxylic acid groups (broad SMARTS) is 1. The van der Waals surface area contributed by atoms with Crippen molar-refractivity contribution < 1.29 is 50.9 Å². The van der Waals surface area contributed by atoms with Crippen LogP contribution in [0.5, 0.6) is 11.5 Å². The highest BCUT2D eigenvalue weighted by Gasteiger charge is 2.30. The molecule has 9 nitrogen and oxygen atoms in total. The molecule has 310 valence electrons. The molecule has 57 heavy (non-hydrogen) atoms. The van der Waals surface area contributed by atoms with Gasteiger partial charge in [0.15, 0.2) is 0 Å². The summed E-state index contributed by atoms with van der Waals surface area (Å²) in [5.74, 6) is -0.594. The molecule has 2 heterocycles. The van der Waals surface area contributed by atoms with Gasteiger partial charge in [0.2, 0.25) is 0 Å². The van der Waals surface area contributed by atoms with Crippen LogP contribution in [0.2, 0.25) is 0 Å². The lowest BCUT2D eigenvalue weighted by Crippen LogP contribution is -2.40. The summed E-state index contributed by atoms with van der Waals surface area (Å²) in [7, 11) is 3.35. The van der Waals surface area contributed by atoms with Gasteiger partial charge in [-0.2, -0.15) is 13.2 Å². The van der Waals surface area contributed by atoms with E-state index in [2.05, 4.69) is 29.2 Å². The third-order valence-electron chi connectivity index (χ3n) is 10.5. The molecule has 2 aliphatic heterocycles. The molecule has 2 fully saturated rings. The van der Waals surface area contributed by atoms with Crippen LogP contribution in [0.4, 0.5) is 27.6 Å². The second-order valence-electron chi connectivity index (χ2n) is 14.5. The first-order valence-electron chi connectivity index (χ1n) is 18.8. The predicted octanol–water partition coefficient (Wildman–Crippen LogP) is 8.40. The number of hydrogen-bond acceptors (Lipinski definition) is 7. The minimum atomic E-state index is -3.67. The van der Waals surface area contributed by atoms with Gasteiger partial charge in [0.25, 0.3) is 5.91 Å². The van der Waals surface area contributed by atoms with Crippen LogP contribution in [0.25, 0.3) is 21.9 Å². The van der Waals surface area contributed by atoms with Crippen molar-refractivity contribution in [3.8, 4) is 22.6 Å². The highest BCUT2D eigenvalue weighted by atomic mass is 19.4. The number of hydrogen-bond donors (Lipinski definition) is 2. The standard InChI is InChI=1S/C30H36FNO4.C12H15FN2O2.CHF3/c1-30(20-31)13-16-32(17-14-30)15-12-21-18-26(35-2)29(27(19-21)36-3)25-9-5-7-23-22(10-11-28(33)34)6-4-8-24(23)25;1-8-6-9(15-2-4-17-5-3-15)7-10(13)11(8)12(14)16;2-1(3)4/h4-9,18-19H,10-17,20H2,1-3H3,(H,33,34);6-7H,2-5H2,1H3,(H2,14,16);1H. The minimum absolute atomic E-state index is 0.0259. The molecule has 0 aromatic heterocycles. The number of anilines is 1. The van der Waals surface area contributed by atoms with Gasteiger partial charge in [0.05, 0.1) is 45.2 Å². The quantitative estimate of drug-likeness (QED) is 0.137. The van der Waals surface area contributed by atoms with Crippen LogP contribution in [0.15, 0.2) is 60.7 Å². The molecule has 0 bridgehead atoms. The number of aryl methyl sites for hydroxylation is 2. The number of rotatable bonds is 12. The molecule has 4 aromatic carbocycles. The molecule has 2 aliphatic rings. The fraction of sp³-hybridized carbons (Fsp3) is 0.442. The van der Waals surface area contributed by atoms with Gasteiger partial charge < -0.3 is 34.9 Å².